The van der Waals surface area contributed by atoms with Gasteiger partial charge >= 0.3 is 0 Å². The molecule has 2 aliphatic rings. The van der Waals surface area contributed by atoms with Crippen LogP contribution in [0.25, 0.3) is 0 Å². The van der Waals surface area contributed by atoms with E-state index in [1.165, 1.54) is 5.56 Å². The standard InChI is InChI=1S/C17H24ClNO2/c1-12-10-13(2-3-15(12)18)16(19)14-4-7-21-17(11-14)5-8-20-9-6-17/h2-3,10,14,16H,4-9,11,19H2,1H3. The fourth-order valence-electron chi connectivity index (χ4n) is 3.61. The van der Waals surface area contributed by atoms with Gasteiger partial charge in [-0.25, -0.2) is 0 Å². The lowest BCUT2D eigenvalue weighted by Gasteiger charge is -2.44. The second kappa shape index (κ2) is 6.25. The number of hydrogen-bond donors (Lipinski definition) is 1. The van der Waals surface area contributed by atoms with E-state index < -0.39 is 0 Å². The Morgan fingerprint density at radius 2 is 2.05 bits per heavy atom. The number of halogens is 1. The molecule has 3 rings (SSSR count). The lowest BCUT2D eigenvalue weighted by molar-refractivity contribution is -0.149. The summed E-state index contributed by atoms with van der Waals surface area (Å²) in [6.07, 6.45) is 4.07. The maximum atomic E-state index is 6.55. The van der Waals surface area contributed by atoms with Crippen molar-refractivity contribution in [1.82, 2.24) is 0 Å². The number of nitrogens with two attached hydrogens (primary N) is 1. The molecule has 2 fully saturated rings. The second-order valence-electron chi connectivity index (χ2n) is 6.43. The molecule has 1 aromatic carbocycles. The first kappa shape index (κ1) is 15.3. The minimum absolute atomic E-state index is 0.000255. The van der Waals surface area contributed by atoms with Crippen LogP contribution in [0.4, 0.5) is 0 Å². The summed E-state index contributed by atoms with van der Waals surface area (Å²) in [5.41, 5.74) is 8.83. The fraction of sp³-hybridized carbons (Fsp3) is 0.647. The molecule has 2 saturated heterocycles. The van der Waals surface area contributed by atoms with E-state index in [0.29, 0.717) is 5.92 Å². The van der Waals surface area contributed by atoms with E-state index >= 15 is 0 Å². The number of hydrogen-bond acceptors (Lipinski definition) is 3. The van der Waals surface area contributed by atoms with E-state index in [1.807, 2.05) is 13.0 Å². The normalized spacial score (nSPS) is 26.7. The monoisotopic (exact) mass is 309 g/mol. The van der Waals surface area contributed by atoms with Gasteiger partial charge in [0.05, 0.1) is 5.60 Å². The van der Waals surface area contributed by atoms with Crippen molar-refractivity contribution in [2.75, 3.05) is 19.8 Å². The molecule has 3 nitrogen and oxygen atoms in total. The molecule has 2 atom stereocenters. The van der Waals surface area contributed by atoms with Crippen molar-refractivity contribution in [2.24, 2.45) is 11.7 Å². The molecule has 0 radical (unpaired) electrons. The molecular weight excluding hydrogens is 286 g/mol. The Bertz CT molecular complexity index is 494. The highest BCUT2D eigenvalue weighted by Gasteiger charge is 2.40. The summed E-state index contributed by atoms with van der Waals surface area (Å²) >= 11 is 6.11. The molecular formula is C17H24ClNO2. The van der Waals surface area contributed by atoms with Gasteiger partial charge in [-0.05, 0) is 55.7 Å². The Kier molecular flexibility index (Phi) is 4.55. The topological polar surface area (TPSA) is 44.5 Å². The van der Waals surface area contributed by atoms with Crippen LogP contribution in [0.5, 0.6) is 0 Å². The van der Waals surface area contributed by atoms with Crippen molar-refractivity contribution < 1.29 is 9.47 Å². The Morgan fingerprint density at radius 1 is 1.29 bits per heavy atom. The fourth-order valence-corrected chi connectivity index (χ4v) is 3.73. The zero-order chi connectivity index (χ0) is 14.9. The Labute approximate surface area is 131 Å². The molecule has 1 aromatic rings. The summed E-state index contributed by atoms with van der Waals surface area (Å²) < 4.78 is 11.6. The SMILES string of the molecule is Cc1cc(C(N)C2CCOC3(CCOCC3)C2)ccc1Cl. The van der Waals surface area contributed by atoms with Crippen molar-refractivity contribution in [1.29, 1.82) is 0 Å². The van der Waals surface area contributed by atoms with E-state index in [9.17, 15) is 0 Å². The van der Waals surface area contributed by atoms with E-state index in [4.69, 9.17) is 26.8 Å². The van der Waals surface area contributed by atoms with Gasteiger partial charge in [0, 0.05) is 30.9 Å². The van der Waals surface area contributed by atoms with Crippen LogP contribution in [-0.2, 0) is 9.47 Å². The highest BCUT2D eigenvalue weighted by molar-refractivity contribution is 6.31. The van der Waals surface area contributed by atoms with Crippen LogP contribution < -0.4 is 5.73 Å². The average molecular weight is 310 g/mol. The van der Waals surface area contributed by atoms with Crippen molar-refractivity contribution in [3.05, 3.63) is 34.3 Å². The van der Waals surface area contributed by atoms with Gasteiger partial charge in [-0.3, -0.25) is 0 Å². The Morgan fingerprint density at radius 3 is 2.76 bits per heavy atom. The molecule has 0 bridgehead atoms. The number of aryl methyl sites for hydroxylation is 1. The highest BCUT2D eigenvalue weighted by atomic mass is 35.5. The van der Waals surface area contributed by atoms with Crippen LogP contribution in [0, 0.1) is 12.8 Å². The van der Waals surface area contributed by atoms with Crippen LogP contribution in [-0.4, -0.2) is 25.4 Å². The molecule has 0 saturated carbocycles. The zero-order valence-corrected chi connectivity index (χ0v) is 13.4. The minimum Gasteiger partial charge on any atom is -0.381 e. The molecule has 0 amide bonds. The Balaban J connectivity index is 1.74. The van der Waals surface area contributed by atoms with Crippen LogP contribution in [0.15, 0.2) is 18.2 Å². The van der Waals surface area contributed by atoms with Crippen LogP contribution in [0.2, 0.25) is 5.02 Å². The third kappa shape index (κ3) is 3.26. The van der Waals surface area contributed by atoms with E-state index in [0.717, 1.165) is 56.1 Å². The molecule has 21 heavy (non-hydrogen) atoms. The summed E-state index contributed by atoms with van der Waals surface area (Å²) in [5.74, 6) is 0.470. The van der Waals surface area contributed by atoms with Crippen LogP contribution in [0.3, 0.4) is 0 Å². The summed E-state index contributed by atoms with van der Waals surface area (Å²) in [7, 11) is 0. The molecule has 0 aliphatic carbocycles. The van der Waals surface area contributed by atoms with Gasteiger partial charge < -0.3 is 15.2 Å². The first-order valence-electron chi connectivity index (χ1n) is 7.83. The van der Waals surface area contributed by atoms with Crippen molar-refractivity contribution in [3.8, 4) is 0 Å². The third-order valence-electron chi connectivity index (χ3n) is 5.01. The largest absolute Gasteiger partial charge is 0.381 e. The summed E-state index contributed by atoms with van der Waals surface area (Å²) in [5, 5.41) is 0.804. The first-order valence-corrected chi connectivity index (χ1v) is 8.21. The van der Waals surface area contributed by atoms with E-state index in [2.05, 4.69) is 12.1 Å². The van der Waals surface area contributed by atoms with E-state index in [1.54, 1.807) is 0 Å². The highest BCUT2D eigenvalue weighted by Crippen LogP contribution is 2.41. The summed E-state index contributed by atoms with van der Waals surface area (Å²) in [4.78, 5) is 0. The molecule has 2 unspecified atom stereocenters. The van der Waals surface area contributed by atoms with Gasteiger partial charge in [0.1, 0.15) is 0 Å². The Hall–Kier alpha value is -0.610. The predicted molar refractivity (Wildman–Crippen MR) is 84.6 cm³/mol. The molecule has 116 valence electrons. The second-order valence-corrected chi connectivity index (χ2v) is 6.84. The molecule has 0 aromatic heterocycles. The van der Waals surface area contributed by atoms with Gasteiger partial charge in [-0.15, -0.1) is 0 Å². The smallest absolute Gasteiger partial charge is 0.0729 e. The average Bonchev–Trinajstić information content (AvgIpc) is 2.50. The molecule has 1 spiro atoms. The lowest BCUT2D eigenvalue weighted by Crippen LogP contribution is -2.46. The van der Waals surface area contributed by atoms with Gasteiger partial charge in [-0.2, -0.15) is 0 Å². The van der Waals surface area contributed by atoms with Crippen LogP contribution in [0.1, 0.15) is 42.9 Å². The van der Waals surface area contributed by atoms with Gasteiger partial charge in [-0.1, -0.05) is 23.7 Å². The maximum absolute atomic E-state index is 6.55. The number of rotatable bonds is 2. The minimum atomic E-state index is 0.000255. The van der Waals surface area contributed by atoms with Crippen molar-refractivity contribution in [3.63, 3.8) is 0 Å². The predicted octanol–water partition coefficient (Wildman–Crippen LogP) is 3.62. The summed E-state index contributed by atoms with van der Waals surface area (Å²) in [6.45, 7) is 4.46. The number of benzene rings is 1. The maximum Gasteiger partial charge on any atom is 0.0729 e. The van der Waals surface area contributed by atoms with Crippen molar-refractivity contribution in [2.45, 2.75) is 44.2 Å². The third-order valence-corrected chi connectivity index (χ3v) is 5.43. The molecule has 2 N–H and O–H groups in total. The van der Waals surface area contributed by atoms with Gasteiger partial charge in [0.2, 0.25) is 0 Å². The zero-order valence-electron chi connectivity index (χ0n) is 12.6. The summed E-state index contributed by atoms with van der Waals surface area (Å²) in [6, 6.07) is 6.20. The molecule has 2 aliphatic heterocycles. The van der Waals surface area contributed by atoms with Crippen molar-refractivity contribution >= 4 is 11.6 Å². The van der Waals surface area contributed by atoms with Gasteiger partial charge in [0.25, 0.3) is 0 Å². The lowest BCUT2D eigenvalue weighted by atomic mass is 9.76. The van der Waals surface area contributed by atoms with Crippen LogP contribution >= 0.6 is 11.6 Å². The first-order chi connectivity index (χ1) is 10.1. The quantitative estimate of drug-likeness (QED) is 0.907. The molecule has 4 heteroatoms. The number of ether oxygens (including phenoxy) is 2. The van der Waals surface area contributed by atoms with Gasteiger partial charge in [0.15, 0.2) is 0 Å². The molecule has 2 heterocycles. The van der Waals surface area contributed by atoms with E-state index in [-0.39, 0.29) is 11.6 Å².